The summed E-state index contributed by atoms with van der Waals surface area (Å²) in [6, 6.07) is 3.36. The lowest BCUT2D eigenvalue weighted by atomic mass is 10.3. The molecule has 6 heteroatoms. The van der Waals surface area contributed by atoms with Crippen LogP contribution in [0.1, 0.15) is 5.69 Å². The van der Waals surface area contributed by atoms with Gasteiger partial charge in [-0.25, -0.2) is 0 Å². The number of rotatable bonds is 3. The van der Waals surface area contributed by atoms with Gasteiger partial charge in [0.05, 0.1) is 19.2 Å². The summed E-state index contributed by atoms with van der Waals surface area (Å²) in [7, 11) is 1.51. The minimum absolute atomic E-state index is 0.0967. The minimum Gasteiger partial charge on any atom is -0.480 e. The summed E-state index contributed by atoms with van der Waals surface area (Å²) in [6.07, 6.45) is 0.271. The van der Waals surface area contributed by atoms with Crippen molar-refractivity contribution in [2.45, 2.75) is 6.42 Å². The molecule has 70 valence electrons. The molecule has 0 saturated heterocycles. The first-order valence-corrected chi connectivity index (χ1v) is 3.59. The van der Waals surface area contributed by atoms with Crippen LogP contribution in [-0.2, 0) is 6.42 Å². The Morgan fingerprint density at radius 3 is 2.85 bits per heavy atom. The monoisotopic (exact) mass is 182 g/mol. The SMILES string of the molecule is COc1ccc(C/C(N)=N/O)nn1. The molecule has 1 aromatic heterocycles. The molecule has 0 spiro atoms. The average molecular weight is 182 g/mol. The topological polar surface area (TPSA) is 93.6 Å². The van der Waals surface area contributed by atoms with Crippen LogP contribution < -0.4 is 10.5 Å². The van der Waals surface area contributed by atoms with E-state index in [9.17, 15) is 0 Å². The van der Waals surface area contributed by atoms with E-state index in [0.717, 1.165) is 0 Å². The molecule has 0 aliphatic rings. The fourth-order valence-corrected chi connectivity index (χ4v) is 0.772. The molecule has 1 rings (SSSR count). The second-order valence-electron chi connectivity index (χ2n) is 2.34. The third-order valence-electron chi connectivity index (χ3n) is 1.40. The highest BCUT2D eigenvalue weighted by molar-refractivity contribution is 5.81. The first-order valence-electron chi connectivity index (χ1n) is 3.59. The molecular formula is C7H10N4O2. The van der Waals surface area contributed by atoms with Crippen LogP contribution in [0.3, 0.4) is 0 Å². The fraction of sp³-hybridized carbons (Fsp3) is 0.286. The number of nitrogens with zero attached hydrogens (tertiary/aromatic N) is 3. The van der Waals surface area contributed by atoms with Crippen LogP contribution in [0, 0.1) is 0 Å². The number of ether oxygens (including phenoxy) is 1. The van der Waals surface area contributed by atoms with Crippen molar-refractivity contribution in [1.82, 2.24) is 10.2 Å². The summed E-state index contributed by atoms with van der Waals surface area (Å²) in [5.74, 6) is 0.530. The molecule has 0 aromatic carbocycles. The molecule has 3 N–H and O–H groups in total. The van der Waals surface area contributed by atoms with Gasteiger partial charge in [-0.2, -0.15) is 5.10 Å². The summed E-state index contributed by atoms with van der Waals surface area (Å²) in [6.45, 7) is 0. The molecule has 1 aromatic rings. The molecule has 6 nitrogen and oxygen atoms in total. The molecule has 0 amide bonds. The van der Waals surface area contributed by atoms with Crippen molar-refractivity contribution < 1.29 is 9.94 Å². The van der Waals surface area contributed by atoms with E-state index in [4.69, 9.17) is 15.7 Å². The van der Waals surface area contributed by atoms with Crippen LogP contribution in [0.15, 0.2) is 17.3 Å². The van der Waals surface area contributed by atoms with Crippen LogP contribution in [0.25, 0.3) is 0 Å². The number of nitrogens with two attached hydrogens (primary N) is 1. The summed E-state index contributed by atoms with van der Waals surface area (Å²) in [4.78, 5) is 0. The Labute approximate surface area is 75.0 Å². The van der Waals surface area contributed by atoms with Gasteiger partial charge in [0.1, 0.15) is 5.84 Å². The number of amidine groups is 1. The predicted octanol–water partition coefficient (Wildman–Crippen LogP) is -0.226. The van der Waals surface area contributed by atoms with E-state index in [2.05, 4.69) is 15.4 Å². The number of oxime groups is 1. The Morgan fingerprint density at radius 1 is 1.62 bits per heavy atom. The van der Waals surface area contributed by atoms with Crippen molar-refractivity contribution in [1.29, 1.82) is 0 Å². The zero-order chi connectivity index (χ0) is 9.68. The highest BCUT2D eigenvalue weighted by Crippen LogP contribution is 2.03. The van der Waals surface area contributed by atoms with Gasteiger partial charge in [-0.1, -0.05) is 5.16 Å². The molecule has 0 aliphatic carbocycles. The second-order valence-corrected chi connectivity index (χ2v) is 2.34. The first-order chi connectivity index (χ1) is 6.26. The molecule has 13 heavy (non-hydrogen) atoms. The zero-order valence-electron chi connectivity index (χ0n) is 7.14. The van der Waals surface area contributed by atoms with Crippen LogP contribution in [-0.4, -0.2) is 28.4 Å². The van der Waals surface area contributed by atoms with Crippen LogP contribution in [0.4, 0.5) is 0 Å². The number of aromatic nitrogens is 2. The predicted molar refractivity (Wildman–Crippen MR) is 45.7 cm³/mol. The maximum absolute atomic E-state index is 8.29. The van der Waals surface area contributed by atoms with Gasteiger partial charge in [-0.05, 0) is 6.07 Å². The molecule has 1 heterocycles. The molecule has 0 radical (unpaired) electrons. The molecule has 0 unspecified atom stereocenters. The Balaban J connectivity index is 2.69. The lowest BCUT2D eigenvalue weighted by Crippen LogP contribution is -2.15. The highest BCUT2D eigenvalue weighted by Gasteiger charge is 2.00. The lowest BCUT2D eigenvalue weighted by molar-refractivity contribution is 0.317. The standard InChI is InChI=1S/C7H10N4O2/c1-13-7-3-2-5(9-10-7)4-6(8)11-12/h2-3,12H,4H2,1H3,(H2,8,11). The summed E-state index contributed by atoms with van der Waals surface area (Å²) in [5, 5.41) is 18.6. The van der Waals surface area contributed by atoms with Gasteiger partial charge in [0.2, 0.25) is 5.88 Å². The quantitative estimate of drug-likeness (QED) is 0.291. The van der Waals surface area contributed by atoms with Crippen molar-refractivity contribution >= 4 is 5.84 Å². The van der Waals surface area contributed by atoms with E-state index in [-0.39, 0.29) is 12.3 Å². The van der Waals surface area contributed by atoms with E-state index >= 15 is 0 Å². The Morgan fingerprint density at radius 2 is 2.38 bits per heavy atom. The van der Waals surface area contributed by atoms with E-state index in [1.165, 1.54) is 7.11 Å². The molecule has 0 bridgehead atoms. The fourth-order valence-electron chi connectivity index (χ4n) is 0.772. The first kappa shape index (κ1) is 9.24. The molecular weight excluding hydrogens is 172 g/mol. The van der Waals surface area contributed by atoms with E-state index in [0.29, 0.717) is 11.6 Å². The third kappa shape index (κ3) is 2.58. The zero-order valence-corrected chi connectivity index (χ0v) is 7.14. The van der Waals surface area contributed by atoms with E-state index in [1.54, 1.807) is 12.1 Å². The van der Waals surface area contributed by atoms with Crippen LogP contribution in [0.5, 0.6) is 5.88 Å². The molecule has 0 fully saturated rings. The molecule has 0 saturated carbocycles. The van der Waals surface area contributed by atoms with E-state index < -0.39 is 0 Å². The van der Waals surface area contributed by atoms with Gasteiger partial charge < -0.3 is 15.7 Å². The third-order valence-corrected chi connectivity index (χ3v) is 1.40. The second kappa shape index (κ2) is 4.24. The number of hydrogen-bond acceptors (Lipinski definition) is 5. The van der Waals surface area contributed by atoms with Gasteiger partial charge in [0.15, 0.2) is 0 Å². The van der Waals surface area contributed by atoms with Crippen LogP contribution >= 0.6 is 0 Å². The number of methoxy groups -OCH3 is 1. The van der Waals surface area contributed by atoms with Gasteiger partial charge >= 0.3 is 0 Å². The van der Waals surface area contributed by atoms with Gasteiger partial charge in [0.25, 0.3) is 0 Å². The summed E-state index contributed by atoms with van der Waals surface area (Å²) < 4.78 is 4.82. The normalized spacial score (nSPS) is 11.3. The molecule has 0 aliphatic heterocycles. The Kier molecular flexibility index (Phi) is 3.02. The maximum Gasteiger partial charge on any atom is 0.233 e. The lowest BCUT2D eigenvalue weighted by Gasteiger charge is -1.99. The van der Waals surface area contributed by atoms with Crippen molar-refractivity contribution in [3.8, 4) is 5.88 Å². The summed E-state index contributed by atoms with van der Waals surface area (Å²) >= 11 is 0. The van der Waals surface area contributed by atoms with Gasteiger partial charge in [-0.15, -0.1) is 5.10 Å². The highest BCUT2D eigenvalue weighted by atomic mass is 16.5. The van der Waals surface area contributed by atoms with Crippen molar-refractivity contribution in [3.63, 3.8) is 0 Å². The maximum atomic E-state index is 8.29. The summed E-state index contributed by atoms with van der Waals surface area (Å²) in [5.41, 5.74) is 5.90. The smallest absolute Gasteiger partial charge is 0.233 e. The number of hydrogen-bond donors (Lipinski definition) is 2. The van der Waals surface area contributed by atoms with E-state index in [1.807, 2.05) is 0 Å². The van der Waals surface area contributed by atoms with Gasteiger partial charge in [0, 0.05) is 6.07 Å². The van der Waals surface area contributed by atoms with Crippen LogP contribution in [0.2, 0.25) is 0 Å². The van der Waals surface area contributed by atoms with Crippen molar-refractivity contribution in [2.24, 2.45) is 10.9 Å². The minimum atomic E-state index is 0.0967. The molecule has 0 atom stereocenters. The Bertz CT molecular complexity index is 296. The average Bonchev–Trinajstić information content (AvgIpc) is 2.19. The largest absolute Gasteiger partial charge is 0.480 e. The van der Waals surface area contributed by atoms with Crippen molar-refractivity contribution in [3.05, 3.63) is 17.8 Å². The van der Waals surface area contributed by atoms with Crippen molar-refractivity contribution in [2.75, 3.05) is 7.11 Å². The Hall–Kier alpha value is -1.85. The van der Waals surface area contributed by atoms with Gasteiger partial charge in [-0.3, -0.25) is 0 Å².